The summed E-state index contributed by atoms with van der Waals surface area (Å²) in [7, 11) is 0. The van der Waals surface area contributed by atoms with Crippen LogP contribution in [-0.2, 0) is 6.42 Å². The van der Waals surface area contributed by atoms with Gasteiger partial charge in [0.25, 0.3) is 0 Å². The molecule has 1 N–H and O–H groups in total. The number of hydrogen-bond donors (Lipinski definition) is 1. The summed E-state index contributed by atoms with van der Waals surface area (Å²) in [6.07, 6.45) is 1.80. The van der Waals surface area contributed by atoms with Crippen LogP contribution < -0.4 is 0 Å². The van der Waals surface area contributed by atoms with Crippen molar-refractivity contribution in [3.8, 4) is 0 Å². The zero-order chi connectivity index (χ0) is 13.3. The quantitative estimate of drug-likeness (QED) is 0.917. The van der Waals surface area contributed by atoms with Crippen LogP contribution in [-0.4, -0.2) is 5.11 Å². The van der Waals surface area contributed by atoms with Crippen LogP contribution in [0.4, 0.5) is 0 Å². The first kappa shape index (κ1) is 13.4. The summed E-state index contributed by atoms with van der Waals surface area (Å²) < 4.78 is 6.45. The Labute approximate surface area is 116 Å². The van der Waals surface area contributed by atoms with Crippen molar-refractivity contribution in [2.45, 2.75) is 33.3 Å². The zero-order valence-electron chi connectivity index (χ0n) is 10.8. The zero-order valence-corrected chi connectivity index (χ0v) is 12.4. The molecule has 2 nitrogen and oxygen atoms in total. The molecule has 18 heavy (non-hydrogen) atoms. The molecule has 1 aromatic carbocycles. The van der Waals surface area contributed by atoms with Crippen LogP contribution in [0.2, 0.25) is 0 Å². The summed E-state index contributed by atoms with van der Waals surface area (Å²) in [6.45, 7) is 6.05. The van der Waals surface area contributed by atoms with E-state index in [1.165, 1.54) is 0 Å². The van der Waals surface area contributed by atoms with Gasteiger partial charge in [-0.2, -0.15) is 0 Å². The Morgan fingerprint density at radius 1 is 1.22 bits per heavy atom. The molecule has 1 heterocycles. The minimum Gasteiger partial charge on any atom is -0.469 e. The molecule has 0 saturated heterocycles. The van der Waals surface area contributed by atoms with E-state index in [9.17, 15) is 5.11 Å². The van der Waals surface area contributed by atoms with Crippen LogP contribution in [0.25, 0.3) is 0 Å². The van der Waals surface area contributed by atoms with E-state index < -0.39 is 6.10 Å². The predicted molar refractivity (Wildman–Crippen MR) is 75.8 cm³/mol. The van der Waals surface area contributed by atoms with E-state index in [1.54, 1.807) is 6.26 Å². The van der Waals surface area contributed by atoms with Gasteiger partial charge in [-0.1, -0.05) is 28.9 Å². The summed E-state index contributed by atoms with van der Waals surface area (Å²) in [5.41, 5.74) is 3.99. The maximum absolute atomic E-state index is 10.5. The molecule has 0 bridgehead atoms. The normalized spacial score (nSPS) is 12.7. The number of furan rings is 1. The molecule has 1 unspecified atom stereocenters. The van der Waals surface area contributed by atoms with Gasteiger partial charge in [-0.15, -0.1) is 0 Å². The summed E-state index contributed by atoms with van der Waals surface area (Å²) in [5.74, 6) is 0.850. The molecular weight excluding hydrogens is 292 g/mol. The average Bonchev–Trinajstić information content (AvgIpc) is 2.81. The first-order valence-corrected chi connectivity index (χ1v) is 6.84. The van der Waals surface area contributed by atoms with Gasteiger partial charge >= 0.3 is 0 Å². The highest BCUT2D eigenvalue weighted by atomic mass is 79.9. The second kappa shape index (κ2) is 5.29. The molecule has 0 aliphatic carbocycles. The van der Waals surface area contributed by atoms with Gasteiger partial charge in [-0.3, -0.25) is 0 Å². The molecule has 96 valence electrons. The lowest BCUT2D eigenvalue weighted by atomic mass is 9.95. The fraction of sp³-hybridized carbons (Fsp3) is 0.333. The molecule has 0 radical (unpaired) electrons. The number of hydrogen-bond acceptors (Lipinski definition) is 2. The second-order valence-electron chi connectivity index (χ2n) is 4.51. The lowest BCUT2D eigenvalue weighted by Gasteiger charge is -2.15. The number of halogens is 1. The lowest BCUT2D eigenvalue weighted by Crippen LogP contribution is -2.04. The van der Waals surface area contributed by atoms with Gasteiger partial charge in [0.2, 0.25) is 0 Å². The third kappa shape index (κ3) is 2.38. The second-order valence-corrected chi connectivity index (χ2v) is 5.37. The first-order chi connectivity index (χ1) is 8.54. The van der Waals surface area contributed by atoms with Gasteiger partial charge in [-0.25, -0.2) is 0 Å². The van der Waals surface area contributed by atoms with E-state index in [2.05, 4.69) is 15.9 Å². The van der Waals surface area contributed by atoms with Crippen LogP contribution in [0.5, 0.6) is 0 Å². The summed E-state index contributed by atoms with van der Waals surface area (Å²) >= 11 is 3.51. The molecule has 0 spiro atoms. The molecule has 0 fully saturated rings. The molecule has 1 aromatic heterocycles. The van der Waals surface area contributed by atoms with Crippen LogP contribution in [0.1, 0.15) is 41.0 Å². The number of aliphatic hydroxyl groups excluding tert-OH is 1. The van der Waals surface area contributed by atoms with Gasteiger partial charge in [0, 0.05) is 16.5 Å². The molecular formula is C15H17BrO2. The molecule has 1 atom stereocenters. The van der Waals surface area contributed by atoms with E-state index in [1.807, 2.05) is 39.0 Å². The van der Waals surface area contributed by atoms with E-state index in [0.717, 1.165) is 38.9 Å². The van der Waals surface area contributed by atoms with E-state index in [4.69, 9.17) is 4.42 Å². The lowest BCUT2D eigenvalue weighted by molar-refractivity contribution is 0.216. The largest absolute Gasteiger partial charge is 0.469 e. The van der Waals surface area contributed by atoms with Crippen LogP contribution in [0.15, 0.2) is 33.4 Å². The summed E-state index contributed by atoms with van der Waals surface area (Å²) in [6, 6.07) is 5.91. The van der Waals surface area contributed by atoms with E-state index >= 15 is 0 Å². The monoisotopic (exact) mass is 308 g/mol. The Kier molecular flexibility index (Phi) is 3.93. The van der Waals surface area contributed by atoms with E-state index in [-0.39, 0.29) is 0 Å². The summed E-state index contributed by atoms with van der Waals surface area (Å²) in [4.78, 5) is 0. The van der Waals surface area contributed by atoms with Crippen molar-refractivity contribution >= 4 is 15.9 Å². The summed E-state index contributed by atoms with van der Waals surface area (Å²) in [5, 5.41) is 10.5. The maximum atomic E-state index is 10.5. The predicted octanol–water partition coefficient (Wildman–Crippen LogP) is 4.30. The first-order valence-electron chi connectivity index (χ1n) is 6.05. The highest BCUT2D eigenvalue weighted by Gasteiger charge is 2.18. The van der Waals surface area contributed by atoms with Crippen molar-refractivity contribution in [1.82, 2.24) is 0 Å². The maximum Gasteiger partial charge on any atom is 0.109 e. The van der Waals surface area contributed by atoms with Gasteiger partial charge in [0.15, 0.2) is 0 Å². The fourth-order valence-corrected chi connectivity index (χ4v) is 2.60. The smallest absolute Gasteiger partial charge is 0.109 e. The molecule has 2 aromatic rings. The standard InChI is InChI=1S/C15H17BrO2/c1-4-14-11(5-6-18-14)15(17)12-7-10(3)13(16)8-9(12)2/h5-8,15,17H,4H2,1-3H3. The third-order valence-electron chi connectivity index (χ3n) is 3.24. The molecule has 2 rings (SSSR count). The Morgan fingerprint density at radius 2 is 1.94 bits per heavy atom. The highest BCUT2D eigenvalue weighted by molar-refractivity contribution is 9.10. The van der Waals surface area contributed by atoms with Crippen LogP contribution >= 0.6 is 15.9 Å². The Bertz CT molecular complexity index is 558. The Balaban J connectivity index is 2.46. The van der Waals surface area contributed by atoms with Crippen LogP contribution in [0.3, 0.4) is 0 Å². The van der Waals surface area contributed by atoms with Crippen LogP contribution in [0, 0.1) is 13.8 Å². The minimum atomic E-state index is -0.620. The molecule has 3 heteroatoms. The SMILES string of the molecule is CCc1occc1C(O)c1cc(C)c(Br)cc1C. The van der Waals surface area contributed by atoms with Crippen molar-refractivity contribution in [3.05, 3.63) is 56.9 Å². The Hall–Kier alpha value is -1.06. The Morgan fingerprint density at radius 3 is 2.61 bits per heavy atom. The van der Waals surface area contributed by atoms with Gasteiger partial charge in [0.05, 0.1) is 6.26 Å². The average molecular weight is 309 g/mol. The van der Waals surface area contributed by atoms with E-state index in [0.29, 0.717) is 0 Å². The van der Waals surface area contributed by atoms with Crippen molar-refractivity contribution in [1.29, 1.82) is 0 Å². The third-order valence-corrected chi connectivity index (χ3v) is 4.09. The molecule has 0 saturated carbocycles. The van der Waals surface area contributed by atoms with Crippen molar-refractivity contribution in [2.24, 2.45) is 0 Å². The highest BCUT2D eigenvalue weighted by Crippen LogP contribution is 2.31. The van der Waals surface area contributed by atoms with Crippen molar-refractivity contribution in [3.63, 3.8) is 0 Å². The number of aryl methyl sites for hydroxylation is 3. The molecule has 0 aliphatic rings. The molecule has 0 aliphatic heterocycles. The van der Waals surface area contributed by atoms with Gasteiger partial charge < -0.3 is 9.52 Å². The van der Waals surface area contributed by atoms with Gasteiger partial charge in [0.1, 0.15) is 11.9 Å². The number of aliphatic hydroxyl groups is 1. The topological polar surface area (TPSA) is 33.4 Å². The van der Waals surface area contributed by atoms with Gasteiger partial charge in [-0.05, 0) is 42.7 Å². The minimum absolute atomic E-state index is 0.620. The van der Waals surface area contributed by atoms with Crippen molar-refractivity contribution < 1.29 is 9.52 Å². The van der Waals surface area contributed by atoms with Crippen molar-refractivity contribution in [2.75, 3.05) is 0 Å². The number of benzene rings is 1. The molecule has 0 amide bonds. The number of rotatable bonds is 3. The fourth-order valence-electron chi connectivity index (χ4n) is 2.15.